The zero-order chi connectivity index (χ0) is 26.2. The predicted molar refractivity (Wildman–Crippen MR) is 134 cm³/mol. The molecule has 0 unspecified atom stereocenters. The molecule has 2 aromatic rings. The average Bonchev–Trinajstić information content (AvgIpc) is 3.51. The summed E-state index contributed by atoms with van der Waals surface area (Å²) in [6.07, 6.45) is 11.4. The summed E-state index contributed by atoms with van der Waals surface area (Å²) in [7, 11) is 0. The summed E-state index contributed by atoms with van der Waals surface area (Å²) >= 11 is 0. The largest absolute Gasteiger partial charge is 0.458 e. The molecule has 6 atom stereocenters. The van der Waals surface area contributed by atoms with E-state index in [9.17, 15) is 9.59 Å². The Hall–Kier alpha value is -3.16. The summed E-state index contributed by atoms with van der Waals surface area (Å²) < 4.78 is 22.8. The number of rotatable bonds is 4. The van der Waals surface area contributed by atoms with E-state index in [0.29, 0.717) is 48.3 Å². The van der Waals surface area contributed by atoms with E-state index in [1.807, 2.05) is 39.8 Å². The Labute approximate surface area is 213 Å². The van der Waals surface area contributed by atoms with Crippen LogP contribution in [0.15, 0.2) is 57.3 Å². The smallest absolute Gasteiger partial charge is 0.333 e. The molecule has 8 heteroatoms. The van der Waals surface area contributed by atoms with Crippen LogP contribution in [0.5, 0.6) is 0 Å². The third kappa shape index (κ3) is 7.93. The number of oxazole rings is 2. The monoisotopic (exact) mass is 498 g/mol. The third-order valence-corrected chi connectivity index (χ3v) is 6.76. The molecule has 1 aliphatic heterocycles. The number of carbonyl (C=O) groups excluding carboxylic acids is 2. The van der Waals surface area contributed by atoms with Gasteiger partial charge in [-0.15, -0.1) is 0 Å². The number of hydrogen-bond acceptors (Lipinski definition) is 8. The average molecular weight is 499 g/mol. The molecule has 196 valence electrons. The lowest BCUT2D eigenvalue weighted by atomic mass is 9.88. The van der Waals surface area contributed by atoms with Gasteiger partial charge in [-0.2, -0.15) is 0 Å². The van der Waals surface area contributed by atoms with Crippen LogP contribution in [0.1, 0.15) is 65.9 Å². The second-order valence-electron chi connectivity index (χ2n) is 10.3. The molecule has 0 saturated carbocycles. The molecule has 0 radical (unpaired) electrons. The maximum atomic E-state index is 13.0. The Morgan fingerprint density at radius 1 is 0.722 bits per heavy atom. The molecular formula is C28H38N2O6. The molecular weight excluding hydrogens is 460 g/mol. The predicted octanol–water partition coefficient (Wildman–Crippen LogP) is 5.50. The van der Waals surface area contributed by atoms with E-state index in [0.717, 1.165) is 0 Å². The molecule has 0 aliphatic carbocycles. The van der Waals surface area contributed by atoms with Gasteiger partial charge in [0.15, 0.2) is 12.8 Å². The maximum Gasteiger partial charge on any atom is 0.333 e. The summed E-state index contributed by atoms with van der Waals surface area (Å²) in [5, 5.41) is 0. The van der Waals surface area contributed by atoms with Crippen LogP contribution in [0, 0.1) is 23.7 Å². The molecule has 3 rings (SSSR count). The molecule has 2 aromatic heterocycles. The Morgan fingerprint density at radius 3 is 1.44 bits per heavy atom. The molecule has 0 N–H and O–H groups in total. The minimum absolute atomic E-state index is 0.0199. The number of nitrogens with zero attached hydrogens (tertiary/aromatic N) is 2. The normalized spacial score (nSPS) is 32.1. The third-order valence-electron chi connectivity index (χ3n) is 6.76. The lowest BCUT2D eigenvalue weighted by Gasteiger charge is -2.27. The number of aromatic nitrogens is 2. The van der Waals surface area contributed by atoms with Gasteiger partial charge in [0.2, 0.25) is 0 Å². The summed E-state index contributed by atoms with van der Waals surface area (Å²) in [4.78, 5) is 34.0. The summed E-state index contributed by atoms with van der Waals surface area (Å²) in [6.45, 7) is 11.8. The second kappa shape index (κ2) is 12.7. The Morgan fingerprint density at radius 2 is 1.11 bits per heavy atom. The Balaban J connectivity index is 1.87. The van der Waals surface area contributed by atoms with Crippen molar-refractivity contribution in [3.63, 3.8) is 0 Å². The molecule has 0 fully saturated rings. The van der Waals surface area contributed by atoms with E-state index in [2.05, 4.69) is 9.97 Å². The first kappa shape index (κ1) is 27.4. The second-order valence-corrected chi connectivity index (χ2v) is 10.3. The number of esters is 2. The van der Waals surface area contributed by atoms with Crippen LogP contribution in [-0.4, -0.2) is 34.1 Å². The fraction of sp³-hybridized carbons (Fsp3) is 0.571. The number of hydrogen-bond donors (Lipinski definition) is 0. The van der Waals surface area contributed by atoms with Crippen LogP contribution in [0.2, 0.25) is 0 Å². The first-order chi connectivity index (χ1) is 17.1. The van der Waals surface area contributed by atoms with Gasteiger partial charge in [-0.1, -0.05) is 39.8 Å². The molecule has 0 bridgehead atoms. The first-order valence-electron chi connectivity index (χ1n) is 12.7. The number of cyclic esters (lactones) is 2. The van der Waals surface area contributed by atoms with Crippen molar-refractivity contribution in [2.24, 2.45) is 23.7 Å². The van der Waals surface area contributed by atoms with Crippen LogP contribution in [0.4, 0.5) is 0 Å². The van der Waals surface area contributed by atoms with Crippen LogP contribution in [0.25, 0.3) is 0 Å². The van der Waals surface area contributed by atoms with Crippen LogP contribution in [-0.2, 0) is 31.9 Å². The van der Waals surface area contributed by atoms with Crippen molar-refractivity contribution in [1.29, 1.82) is 0 Å². The molecule has 1 aliphatic rings. The molecule has 0 saturated heterocycles. The van der Waals surface area contributed by atoms with Gasteiger partial charge in [0, 0.05) is 24.0 Å². The van der Waals surface area contributed by atoms with Gasteiger partial charge < -0.3 is 18.3 Å². The minimum atomic E-state index is -0.384. The molecule has 0 amide bonds. The van der Waals surface area contributed by atoms with Gasteiger partial charge in [-0.25, -0.2) is 19.6 Å². The zero-order valence-corrected chi connectivity index (χ0v) is 22.1. The van der Waals surface area contributed by atoms with E-state index in [1.54, 1.807) is 26.2 Å². The number of carbonyl (C=O) groups is 2. The van der Waals surface area contributed by atoms with Crippen LogP contribution < -0.4 is 0 Å². The highest BCUT2D eigenvalue weighted by atomic mass is 16.5. The van der Waals surface area contributed by atoms with Crippen molar-refractivity contribution in [3.05, 3.63) is 60.0 Å². The highest BCUT2D eigenvalue weighted by Gasteiger charge is 2.28. The maximum absolute atomic E-state index is 13.0. The molecule has 3 heterocycles. The van der Waals surface area contributed by atoms with E-state index >= 15 is 0 Å². The molecule has 0 spiro atoms. The van der Waals surface area contributed by atoms with Gasteiger partial charge in [0.1, 0.15) is 23.7 Å². The zero-order valence-electron chi connectivity index (χ0n) is 22.1. The minimum Gasteiger partial charge on any atom is -0.458 e. The molecule has 36 heavy (non-hydrogen) atoms. The van der Waals surface area contributed by atoms with Gasteiger partial charge in [0.05, 0.1) is 12.4 Å². The Bertz CT molecular complexity index is 956. The Kier molecular flexibility index (Phi) is 9.67. The van der Waals surface area contributed by atoms with Gasteiger partial charge >= 0.3 is 11.9 Å². The molecule has 8 nitrogen and oxygen atoms in total. The van der Waals surface area contributed by atoms with Crippen LogP contribution >= 0.6 is 0 Å². The van der Waals surface area contributed by atoms with E-state index < -0.39 is 0 Å². The van der Waals surface area contributed by atoms with Crippen molar-refractivity contribution in [2.45, 2.75) is 79.4 Å². The lowest BCUT2D eigenvalue weighted by Crippen LogP contribution is -2.30. The highest BCUT2D eigenvalue weighted by molar-refractivity contribution is 5.88. The summed E-state index contributed by atoms with van der Waals surface area (Å²) in [5.74, 6) is 0.843. The fourth-order valence-electron chi connectivity index (χ4n) is 4.86. The van der Waals surface area contributed by atoms with E-state index in [-0.39, 0.29) is 47.8 Å². The topological polar surface area (TPSA) is 105 Å². The van der Waals surface area contributed by atoms with Crippen molar-refractivity contribution >= 4 is 11.9 Å². The summed E-state index contributed by atoms with van der Waals surface area (Å²) in [5.41, 5.74) is 1.12. The molecule has 0 aromatic carbocycles. The van der Waals surface area contributed by atoms with E-state index in [4.69, 9.17) is 18.3 Å². The fourth-order valence-corrected chi connectivity index (χ4v) is 4.86. The van der Waals surface area contributed by atoms with Gasteiger partial charge in [-0.05, 0) is 50.4 Å². The lowest BCUT2D eigenvalue weighted by molar-refractivity contribution is -0.147. The summed E-state index contributed by atoms with van der Waals surface area (Å²) in [6, 6.07) is 0. The van der Waals surface area contributed by atoms with Crippen molar-refractivity contribution in [3.8, 4) is 0 Å². The quantitative estimate of drug-likeness (QED) is 0.509. The number of allylic oxidation sites excluding steroid dienone is 2. The van der Waals surface area contributed by atoms with Crippen molar-refractivity contribution < 1.29 is 27.9 Å². The van der Waals surface area contributed by atoms with Crippen LogP contribution in [0.3, 0.4) is 0 Å². The van der Waals surface area contributed by atoms with Crippen molar-refractivity contribution in [1.82, 2.24) is 9.97 Å². The first-order valence-corrected chi connectivity index (χ1v) is 12.7. The van der Waals surface area contributed by atoms with Gasteiger partial charge in [0.25, 0.3) is 0 Å². The van der Waals surface area contributed by atoms with Gasteiger partial charge in [-0.3, -0.25) is 0 Å². The van der Waals surface area contributed by atoms with E-state index in [1.165, 1.54) is 12.8 Å². The highest BCUT2D eigenvalue weighted by Crippen LogP contribution is 2.27. The number of ether oxygens (including phenoxy) is 2. The SMILES string of the molecule is C/C1=C/[C@@H](C)C[C@@H](C)[C@@H](Cc2cnco2)OC(=O)/C(C)=C/[C@@H](C)C[C@@H](C)[C@@H](Cc2cnco2)OC1=O. The standard InChI is InChI=1S/C28H38N2O6/c1-17-7-19(3)25(11-23-13-29-15-33-23)35-28(32)22(6)10-18(2)8-20(4)26(12-24-14-30-16-34-24)36-27(31)21(5)9-17/h9-10,13-20,25-26H,7-8,11-12H2,1-6H3/b21-9-,22-10+/t17-,18-,19+,20+,25+,26+/m0/s1. The van der Waals surface area contributed by atoms with Crippen molar-refractivity contribution in [2.75, 3.05) is 0 Å².